The first kappa shape index (κ1) is 16.7. The minimum absolute atomic E-state index is 0.616. The first-order valence-electron chi connectivity index (χ1n) is 7.12. The lowest BCUT2D eigenvalue weighted by molar-refractivity contribution is 0.155. The van der Waals surface area contributed by atoms with E-state index in [-0.39, 0.29) is 0 Å². The molecule has 0 saturated carbocycles. The molecule has 0 aliphatic heterocycles. The van der Waals surface area contributed by atoms with E-state index in [4.69, 9.17) is 4.74 Å². The summed E-state index contributed by atoms with van der Waals surface area (Å²) in [6.45, 7) is 12.7. The van der Waals surface area contributed by atoms with Gasteiger partial charge < -0.3 is 10.1 Å². The highest BCUT2D eigenvalue weighted by Gasteiger charge is 2.00. The van der Waals surface area contributed by atoms with Gasteiger partial charge in [0.1, 0.15) is 0 Å². The Morgan fingerprint density at radius 1 is 1.24 bits per heavy atom. The van der Waals surface area contributed by atoms with E-state index in [0.717, 1.165) is 18.7 Å². The average Bonchev–Trinajstić information content (AvgIpc) is 2.28. The molecule has 0 aromatic rings. The summed E-state index contributed by atoms with van der Waals surface area (Å²) >= 11 is 0. The van der Waals surface area contributed by atoms with Gasteiger partial charge in [0.05, 0.1) is 13.2 Å². The van der Waals surface area contributed by atoms with Gasteiger partial charge in [-0.25, -0.2) is 0 Å². The zero-order valence-corrected chi connectivity index (χ0v) is 12.1. The molecule has 0 aliphatic rings. The molecule has 0 radical (unpaired) electrons. The Morgan fingerprint density at radius 3 is 2.59 bits per heavy atom. The van der Waals surface area contributed by atoms with Gasteiger partial charge in [-0.2, -0.15) is 0 Å². The standard InChI is InChI=1S/C15H31NO/c1-5-6-7-8-9-10-15(4)16-11-12-17-13-14(2)3/h15-16H,2,5-13H2,1,3-4H3. The van der Waals surface area contributed by atoms with Crippen molar-refractivity contribution in [2.24, 2.45) is 0 Å². The van der Waals surface area contributed by atoms with Gasteiger partial charge in [-0.05, 0) is 20.3 Å². The molecule has 0 aliphatic carbocycles. The monoisotopic (exact) mass is 241 g/mol. The van der Waals surface area contributed by atoms with Crippen LogP contribution in [-0.2, 0) is 4.74 Å². The SMILES string of the molecule is C=C(C)COCCNC(C)CCCCCCC. The number of hydrogen-bond donors (Lipinski definition) is 1. The van der Waals surface area contributed by atoms with Crippen LogP contribution in [0.5, 0.6) is 0 Å². The largest absolute Gasteiger partial charge is 0.376 e. The van der Waals surface area contributed by atoms with E-state index in [2.05, 4.69) is 25.7 Å². The number of rotatable bonds is 12. The molecule has 0 spiro atoms. The molecule has 2 nitrogen and oxygen atoms in total. The molecule has 0 fully saturated rings. The molecule has 0 rings (SSSR count). The van der Waals surface area contributed by atoms with E-state index in [9.17, 15) is 0 Å². The molecule has 1 N–H and O–H groups in total. The maximum atomic E-state index is 5.44. The third-order valence-electron chi connectivity index (χ3n) is 2.83. The minimum atomic E-state index is 0.616. The highest BCUT2D eigenvalue weighted by Crippen LogP contribution is 2.06. The Balaban J connectivity index is 3.17. The quantitative estimate of drug-likeness (QED) is 0.413. The van der Waals surface area contributed by atoms with E-state index >= 15 is 0 Å². The van der Waals surface area contributed by atoms with Crippen LogP contribution in [0.4, 0.5) is 0 Å². The minimum Gasteiger partial charge on any atom is -0.376 e. The van der Waals surface area contributed by atoms with Crippen molar-refractivity contribution in [3.63, 3.8) is 0 Å². The maximum absolute atomic E-state index is 5.44. The maximum Gasteiger partial charge on any atom is 0.0672 e. The molecular formula is C15H31NO. The number of nitrogens with one attached hydrogen (secondary N) is 1. The Bertz CT molecular complexity index is 180. The van der Waals surface area contributed by atoms with Crippen LogP contribution in [0.15, 0.2) is 12.2 Å². The molecular weight excluding hydrogens is 210 g/mol. The summed E-state index contributed by atoms with van der Waals surface area (Å²) in [7, 11) is 0. The zero-order valence-electron chi connectivity index (χ0n) is 12.1. The molecule has 102 valence electrons. The Labute approximate surface area is 108 Å². The van der Waals surface area contributed by atoms with Crippen LogP contribution in [-0.4, -0.2) is 25.8 Å². The molecule has 0 heterocycles. The van der Waals surface area contributed by atoms with Gasteiger partial charge in [-0.1, -0.05) is 51.2 Å². The predicted molar refractivity (Wildman–Crippen MR) is 76.5 cm³/mol. The third kappa shape index (κ3) is 13.6. The van der Waals surface area contributed by atoms with Crippen molar-refractivity contribution < 1.29 is 4.74 Å². The van der Waals surface area contributed by atoms with E-state index in [0.29, 0.717) is 12.6 Å². The highest BCUT2D eigenvalue weighted by molar-refractivity contribution is 4.87. The van der Waals surface area contributed by atoms with Crippen molar-refractivity contribution in [3.8, 4) is 0 Å². The first-order valence-corrected chi connectivity index (χ1v) is 7.12. The zero-order chi connectivity index (χ0) is 12.9. The van der Waals surface area contributed by atoms with Crippen LogP contribution in [0, 0.1) is 0 Å². The lowest BCUT2D eigenvalue weighted by Gasteiger charge is -2.13. The fourth-order valence-corrected chi connectivity index (χ4v) is 1.78. The summed E-state index contributed by atoms with van der Waals surface area (Å²) in [5, 5.41) is 3.49. The molecule has 1 atom stereocenters. The summed E-state index contributed by atoms with van der Waals surface area (Å²) in [4.78, 5) is 0. The number of hydrogen-bond acceptors (Lipinski definition) is 2. The summed E-state index contributed by atoms with van der Waals surface area (Å²) < 4.78 is 5.44. The number of unbranched alkanes of at least 4 members (excludes halogenated alkanes) is 4. The number of ether oxygens (including phenoxy) is 1. The summed E-state index contributed by atoms with van der Waals surface area (Å²) in [5.74, 6) is 0. The molecule has 0 saturated heterocycles. The summed E-state index contributed by atoms with van der Waals surface area (Å²) in [6, 6.07) is 0.616. The van der Waals surface area contributed by atoms with E-state index < -0.39 is 0 Å². The Morgan fingerprint density at radius 2 is 1.94 bits per heavy atom. The third-order valence-corrected chi connectivity index (χ3v) is 2.83. The second-order valence-electron chi connectivity index (χ2n) is 5.07. The van der Waals surface area contributed by atoms with Gasteiger partial charge in [0.2, 0.25) is 0 Å². The second kappa shape index (κ2) is 12.1. The lowest BCUT2D eigenvalue weighted by atomic mass is 10.1. The van der Waals surface area contributed by atoms with E-state index in [1.807, 2.05) is 6.92 Å². The summed E-state index contributed by atoms with van der Waals surface area (Å²) in [5.41, 5.74) is 1.09. The fraction of sp³-hybridized carbons (Fsp3) is 0.867. The van der Waals surface area contributed by atoms with Gasteiger partial charge in [0.15, 0.2) is 0 Å². The van der Waals surface area contributed by atoms with Crippen LogP contribution in [0.1, 0.15) is 59.3 Å². The molecule has 0 bridgehead atoms. The Hall–Kier alpha value is -0.340. The van der Waals surface area contributed by atoms with Crippen molar-refractivity contribution in [1.82, 2.24) is 5.32 Å². The molecule has 0 amide bonds. The van der Waals surface area contributed by atoms with Crippen LogP contribution in [0.25, 0.3) is 0 Å². The Kier molecular flexibility index (Phi) is 11.9. The van der Waals surface area contributed by atoms with Gasteiger partial charge in [-0.15, -0.1) is 0 Å². The first-order chi connectivity index (χ1) is 8.16. The molecule has 0 aromatic carbocycles. The van der Waals surface area contributed by atoms with Crippen molar-refractivity contribution in [1.29, 1.82) is 0 Å². The summed E-state index contributed by atoms with van der Waals surface area (Å²) in [6.07, 6.45) is 8.12. The van der Waals surface area contributed by atoms with Crippen molar-refractivity contribution in [2.75, 3.05) is 19.8 Å². The topological polar surface area (TPSA) is 21.3 Å². The van der Waals surface area contributed by atoms with Crippen molar-refractivity contribution in [2.45, 2.75) is 65.3 Å². The predicted octanol–water partition coefficient (Wildman–Crippen LogP) is 3.92. The smallest absolute Gasteiger partial charge is 0.0672 e. The normalized spacial score (nSPS) is 12.6. The molecule has 17 heavy (non-hydrogen) atoms. The van der Waals surface area contributed by atoms with Crippen LogP contribution < -0.4 is 5.32 Å². The van der Waals surface area contributed by atoms with Gasteiger partial charge in [0.25, 0.3) is 0 Å². The molecule has 2 heteroatoms. The van der Waals surface area contributed by atoms with Gasteiger partial charge in [0, 0.05) is 12.6 Å². The van der Waals surface area contributed by atoms with Crippen molar-refractivity contribution in [3.05, 3.63) is 12.2 Å². The van der Waals surface area contributed by atoms with Gasteiger partial charge in [-0.3, -0.25) is 0 Å². The van der Waals surface area contributed by atoms with Gasteiger partial charge >= 0.3 is 0 Å². The lowest BCUT2D eigenvalue weighted by Crippen LogP contribution is -2.29. The second-order valence-corrected chi connectivity index (χ2v) is 5.07. The van der Waals surface area contributed by atoms with Crippen LogP contribution in [0.3, 0.4) is 0 Å². The molecule has 1 unspecified atom stereocenters. The highest BCUT2D eigenvalue weighted by atomic mass is 16.5. The molecule has 0 aromatic heterocycles. The van der Waals surface area contributed by atoms with Crippen LogP contribution in [0.2, 0.25) is 0 Å². The fourth-order valence-electron chi connectivity index (χ4n) is 1.78. The van der Waals surface area contributed by atoms with E-state index in [1.54, 1.807) is 0 Å². The van der Waals surface area contributed by atoms with E-state index in [1.165, 1.54) is 38.5 Å². The van der Waals surface area contributed by atoms with Crippen LogP contribution >= 0.6 is 0 Å². The van der Waals surface area contributed by atoms with Crippen molar-refractivity contribution >= 4 is 0 Å². The average molecular weight is 241 g/mol.